The second kappa shape index (κ2) is 8.15. The third-order valence-corrected chi connectivity index (χ3v) is 6.48. The Kier molecular flexibility index (Phi) is 5.62. The fourth-order valence-electron chi connectivity index (χ4n) is 4.13. The number of aliphatic imine (C=N–C) groups is 1. The van der Waals surface area contributed by atoms with Gasteiger partial charge in [0.1, 0.15) is 0 Å². The van der Waals surface area contributed by atoms with Crippen LogP contribution in [0.15, 0.2) is 65.0 Å². The van der Waals surface area contributed by atoms with Crippen LogP contribution in [0, 0.1) is 6.92 Å². The molecule has 2 heterocycles. The van der Waals surface area contributed by atoms with Crippen LogP contribution in [0.4, 0.5) is 5.69 Å². The number of pyridine rings is 1. The standard InChI is InChI=1S/C26H27N3O3S/c1-15(2)18-7-9-19(10-8-18)26-22-11-16(3)24(28-33(6,31)32)12-21(22)23-14-29(5)25(30)13-20(23)17(4)27-26/h7-14,17,28H,1H2,2-6H3/t17-/m0/s1. The zero-order chi connectivity index (χ0) is 24.1. The highest BCUT2D eigenvalue weighted by Gasteiger charge is 2.25. The molecule has 3 aromatic rings. The molecule has 0 radical (unpaired) electrons. The van der Waals surface area contributed by atoms with Gasteiger partial charge in [-0.1, -0.05) is 36.4 Å². The largest absolute Gasteiger partial charge is 0.318 e. The molecule has 0 fully saturated rings. The molecule has 7 heteroatoms. The number of nitrogens with zero attached hydrogens (tertiary/aromatic N) is 2. The lowest BCUT2D eigenvalue weighted by Crippen LogP contribution is -2.17. The third-order valence-electron chi connectivity index (χ3n) is 5.89. The number of aryl methyl sites for hydroxylation is 2. The minimum atomic E-state index is -3.46. The minimum absolute atomic E-state index is 0.117. The number of anilines is 1. The van der Waals surface area contributed by atoms with Crippen molar-refractivity contribution in [2.24, 2.45) is 12.0 Å². The number of sulfonamides is 1. The number of hydrogen-bond acceptors (Lipinski definition) is 4. The quantitative estimate of drug-likeness (QED) is 0.613. The number of fused-ring (bicyclic) bond motifs is 3. The molecule has 0 bridgehead atoms. The number of aromatic nitrogens is 1. The fraction of sp³-hybridized carbons (Fsp3) is 0.231. The first-order chi connectivity index (χ1) is 15.4. The van der Waals surface area contributed by atoms with E-state index in [9.17, 15) is 13.2 Å². The molecule has 0 saturated carbocycles. The van der Waals surface area contributed by atoms with Crippen LogP contribution < -0.4 is 10.3 Å². The molecule has 1 aliphatic rings. The van der Waals surface area contributed by atoms with Gasteiger partial charge < -0.3 is 4.57 Å². The molecule has 0 aliphatic carbocycles. The third kappa shape index (κ3) is 4.41. The lowest BCUT2D eigenvalue weighted by Gasteiger charge is -2.17. The SMILES string of the molecule is C=C(C)c1ccc(C2=N[C@@H](C)c3cc(=O)n(C)cc3-c3cc(NS(C)(=O)=O)c(C)cc32)cc1. The molecule has 170 valence electrons. The molecule has 6 nitrogen and oxygen atoms in total. The van der Waals surface area contributed by atoms with E-state index in [0.717, 1.165) is 56.5 Å². The minimum Gasteiger partial charge on any atom is -0.318 e. The van der Waals surface area contributed by atoms with Gasteiger partial charge in [0.15, 0.2) is 0 Å². The van der Waals surface area contributed by atoms with Crippen molar-refractivity contribution >= 4 is 27.0 Å². The van der Waals surface area contributed by atoms with Crippen LogP contribution in [-0.4, -0.2) is 25.0 Å². The zero-order valence-electron chi connectivity index (χ0n) is 19.4. The molecule has 2 aromatic carbocycles. The first kappa shape index (κ1) is 22.7. The van der Waals surface area contributed by atoms with Crippen molar-refractivity contribution in [3.8, 4) is 11.1 Å². The Balaban J connectivity index is 2.03. The molecular weight excluding hydrogens is 434 g/mol. The van der Waals surface area contributed by atoms with E-state index in [1.165, 1.54) is 4.57 Å². The van der Waals surface area contributed by atoms with Crippen molar-refractivity contribution in [3.63, 3.8) is 0 Å². The molecule has 1 atom stereocenters. The number of allylic oxidation sites excluding steroid dienone is 1. The molecule has 1 aromatic heterocycles. The van der Waals surface area contributed by atoms with Gasteiger partial charge in [-0.3, -0.25) is 14.5 Å². The summed E-state index contributed by atoms with van der Waals surface area (Å²) in [4.78, 5) is 17.5. The second-order valence-corrected chi connectivity index (χ2v) is 10.4. The molecule has 0 amide bonds. The smallest absolute Gasteiger partial charge is 0.250 e. The average molecular weight is 462 g/mol. The van der Waals surface area contributed by atoms with E-state index in [0.29, 0.717) is 5.69 Å². The normalized spacial score (nSPS) is 15.2. The summed E-state index contributed by atoms with van der Waals surface area (Å²) in [6, 6.07) is 13.2. The molecule has 1 N–H and O–H groups in total. The zero-order valence-corrected chi connectivity index (χ0v) is 20.2. The van der Waals surface area contributed by atoms with Crippen LogP contribution in [0.1, 0.15) is 47.7 Å². The molecule has 33 heavy (non-hydrogen) atoms. The van der Waals surface area contributed by atoms with E-state index in [-0.39, 0.29) is 11.6 Å². The maximum absolute atomic E-state index is 12.4. The second-order valence-electron chi connectivity index (χ2n) is 8.69. The van der Waals surface area contributed by atoms with Crippen LogP contribution in [0.3, 0.4) is 0 Å². The first-order valence-electron chi connectivity index (χ1n) is 10.6. The van der Waals surface area contributed by atoms with Gasteiger partial charge in [0.25, 0.3) is 5.56 Å². The summed E-state index contributed by atoms with van der Waals surface area (Å²) in [6.07, 6.45) is 2.93. The maximum atomic E-state index is 12.4. The number of rotatable bonds is 4. The Labute approximate surface area is 194 Å². The summed E-state index contributed by atoms with van der Waals surface area (Å²) in [5.41, 5.74) is 8.31. The highest BCUT2D eigenvalue weighted by Crippen LogP contribution is 2.39. The fourth-order valence-corrected chi connectivity index (χ4v) is 4.75. The number of benzene rings is 2. The van der Waals surface area contributed by atoms with Gasteiger partial charge in [0.05, 0.1) is 23.7 Å². The van der Waals surface area contributed by atoms with Gasteiger partial charge in [-0.2, -0.15) is 0 Å². The average Bonchev–Trinajstić information content (AvgIpc) is 2.83. The summed E-state index contributed by atoms with van der Waals surface area (Å²) in [6.45, 7) is 9.80. The molecule has 4 rings (SSSR count). The molecule has 0 saturated heterocycles. The van der Waals surface area contributed by atoms with Gasteiger partial charge in [-0.15, -0.1) is 0 Å². The van der Waals surface area contributed by atoms with Crippen LogP contribution >= 0.6 is 0 Å². The Bertz CT molecular complexity index is 1480. The Morgan fingerprint density at radius 2 is 1.76 bits per heavy atom. The van der Waals surface area contributed by atoms with Crippen molar-refractivity contribution in [1.82, 2.24) is 4.57 Å². The molecule has 1 aliphatic heterocycles. The monoisotopic (exact) mass is 461 g/mol. The summed E-state index contributed by atoms with van der Waals surface area (Å²) in [7, 11) is -1.75. The molecule has 0 unspecified atom stereocenters. The van der Waals surface area contributed by atoms with Gasteiger partial charge in [0.2, 0.25) is 10.0 Å². The summed E-state index contributed by atoms with van der Waals surface area (Å²) < 4.78 is 28.1. The van der Waals surface area contributed by atoms with Crippen molar-refractivity contribution in [2.75, 3.05) is 11.0 Å². The number of nitrogens with one attached hydrogen (secondary N) is 1. The van der Waals surface area contributed by atoms with E-state index < -0.39 is 10.0 Å². The van der Waals surface area contributed by atoms with Crippen molar-refractivity contribution in [1.29, 1.82) is 0 Å². The van der Waals surface area contributed by atoms with E-state index >= 15 is 0 Å². The van der Waals surface area contributed by atoms with E-state index in [1.54, 1.807) is 19.3 Å². The predicted octanol–water partition coefficient (Wildman–Crippen LogP) is 4.68. The van der Waals surface area contributed by atoms with Crippen molar-refractivity contribution < 1.29 is 8.42 Å². The van der Waals surface area contributed by atoms with Crippen LogP contribution in [0.2, 0.25) is 0 Å². The van der Waals surface area contributed by atoms with E-state index in [4.69, 9.17) is 4.99 Å². The summed E-state index contributed by atoms with van der Waals surface area (Å²) >= 11 is 0. The lowest BCUT2D eigenvalue weighted by molar-refractivity contribution is 0.607. The Morgan fingerprint density at radius 1 is 1.09 bits per heavy atom. The van der Waals surface area contributed by atoms with Gasteiger partial charge in [0, 0.05) is 36.0 Å². The predicted molar refractivity (Wildman–Crippen MR) is 136 cm³/mol. The van der Waals surface area contributed by atoms with E-state index in [1.807, 2.05) is 57.2 Å². The van der Waals surface area contributed by atoms with E-state index in [2.05, 4.69) is 11.3 Å². The maximum Gasteiger partial charge on any atom is 0.250 e. The Morgan fingerprint density at radius 3 is 2.36 bits per heavy atom. The Hall–Kier alpha value is -3.45. The van der Waals surface area contributed by atoms with Gasteiger partial charge >= 0.3 is 0 Å². The number of hydrogen-bond donors (Lipinski definition) is 1. The first-order valence-corrected chi connectivity index (χ1v) is 12.5. The topological polar surface area (TPSA) is 80.5 Å². The van der Waals surface area contributed by atoms with Gasteiger partial charge in [-0.05, 0) is 55.2 Å². The van der Waals surface area contributed by atoms with Gasteiger partial charge in [-0.25, -0.2) is 8.42 Å². The summed E-state index contributed by atoms with van der Waals surface area (Å²) in [5, 5.41) is 0. The van der Waals surface area contributed by atoms with Crippen LogP contribution in [-0.2, 0) is 17.1 Å². The van der Waals surface area contributed by atoms with Crippen molar-refractivity contribution in [3.05, 3.63) is 93.4 Å². The molecular formula is C26H27N3O3S. The van der Waals surface area contributed by atoms with Crippen molar-refractivity contribution in [2.45, 2.75) is 26.8 Å². The lowest BCUT2D eigenvalue weighted by atomic mass is 9.90. The highest BCUT2D eigenvalue weighted by atomic mass is 32.2. The molecule has 0 spiro atoms. The summed E-state index contributed by atoms with van der Waals surface area (Å²) in [5.74, 6) is 0. The van der Waals surface area contributed by atoms with Crippen LogP contribution in [0.5, 0.6) is 0 Å². The van der Waals surface area contributed by atoms with Crippen LogP contribution in [0.25, 0.3) is 16.7 Å². The highest BCUT2D eigenvalue weighted by molar-refractivity contribution is 7.92.